The van der Waals surface area contributed by atoms with Crippen molar-refractivity contribution in [2.24, 2.45) is 0 Å². The number of nitrogens with zero attached hydrogens (tertiary/aromatic N) is 2. The molecule has 138 valence electrons. The molecule has 7 heteroatoms. The highest BCUT2D eigenvalue weighted by atomic mass is 32.2. The molecule has 1 aliphatic rings. The van der Waals surface area contributed by atoms with Gasteiger partial charge >= 0.3 is 0 Å². The van der Waals surface area contributed by atoms with Gasteiger partial charge in [-0.2, -0.15) is 0 Å². The van der Waals surface area contributed by atoms with E-state index in [0.29, 0.717) is 22.7 Å². The minimum atomic E-state index is -0.294. The Morgan fingerprint density at radius 1 is 1.11 bits per heavy atom. The fourth-order valence-electron chi connectivity index (χ4n) is 3.11. The largest absolute Gasteiger partial charge is 0.496 e. The van der Waals surface area contributed by atoms with E-state index in [0.717, 1.165) is 28.7 Å². The number of thioether (sulfide) groups is 1. The van der Waals surface area contributed by atoms with Gasteiger partial charge in [0.25, 0.3) is 5.91 Å². The van der Waals surface area contributed by atoms with Crippen LogP contribution >= 0.6 is 11.8 Å². The number of methoxy groups -OCH3 is 2. The van der Waals surface area contributed by atoms with E-state index in [2.05, 4.69) is 9.88 Å². The Kier molecular flexibility index (Phi) is 4.77. The van der Waals surface area contributed by atoms with Crippen molar-refractivity contribution in [1.29, 1.82) is 0 Å². The Bertz CT molecular complexity index is 956. The first-order chi connectivity index (χ1) is 13.2. The van der Waals surface area contributed by atoms with Gasteiger partial charge < -0.3 is 19.4 Å². The Labute approximate surface area is 161 Å². The summed E-state index contributed by atoms with van der Waals surface area (Å²) in [7, 11) is 3.06. The van der Waals surface area contributed by atoms with Crippen LogP contribution in [-0.4, -0.2) is 35.4 Å². The Balaban J connectivity index is 1.69. The first-order valence-electron chi connectivity index (χ1n) is 8.53. The van der Waals surface area contributed by atoms with Crippen molar-refractivity contribution < 1.29 is 14.3 Å². The molecule has 2 heterocycles. The summed E-state index contributed by atoms with van der Waals surface area (Å²) in [5.74, 6) is 1.68. The average Bonchev–Trinajstić information content (AvgIpc) is 3.29. The fourth-order valence-corrected chi connectivity index (χ4v) is 4.06. The number of nitrogens with one attached hydrogen (secondary N) is 1. The molecular formula is C20H19N3O3S. The number of fused-ring (bicyclic) bond motifs is 1. The van der Waals surface area contributed by atoms with Gasteiger partial charge in [-0.15, -0.1) is 0 Å². The first kappa shape index (κ1) is 17.5. The molecule has 0 saturated heterocycles. The summed E-state index contributed by atoms with van der Waals surface area (Å²) in [5, 5.41) is 4.00. The van der Waals surface area contributed by atoms with Crippen LogP contribution in [0.15, 0.2) is 53.8 Å². The topological polar surface area (TPSA) is 65.4 Å². The maximum Gasteiger partial charge on any atom is 0.263 e. The van der Waals surface area contributed by atoms with Crippen molar-refractivity contribution in [3.8, 4) is 22.8 Å². The number of benzene rings is 2. The number of anilines is 1. The zero-order chi connectivity index (χ0) is 18.8. The molecule has 0 saturated carbocycles. The summed E-state index contributed by atoms with van der Waals surface area (Å²) in [6.07, 6.45) is 2.03. The molecule has 6 nitrogen and oxygen atoms in total. The van der Waals surface area contributed by atoms with Gasteiger partial charge in [-0.3, -0.25) is 4.79 Å². The molecule has 1 amide bonds. The fraction of sp³-hybridized carbons (Fsp3) is 0.200. The highest BCUT2D eigenvalue weighted by Crippen LogP contribution is 2.34. The van der Waals surface area contributed by atoms with Gasteiger partial charge in [0.1, 0.15) is 17.1 Å². The number of rotatable bonds is 5. The molecule has 1 aliphatic heterocycles. The number of carbonyl (C=O) groups excluding carboxylic acids is 1. The molecule has 0 aliphatic carbocycles. The van der Waals surface area contributed by atoms with E-state index in [1.807, 2.05) is 30.5 Å². The van der Waals surface area contributed by atoms with Crippen molar-refractivity contribution in [3.63, 3.8) is 0 Å². The van der Waals surface area contributed by atoms with Gasteiger partial charge in [-0.05, 0) is 18.2 Å². The van der Waals surface area contributed by atoms with Crippen molar-refractivity contribution in [1.82, 2.24) is 9.55 Å². The minimum absolute atomic E-state index is 0.294. The van der Waals surface area contributed by atoms with Crippen LogP contribution in [0.3, 0.4) is 0 Å². The van der Waals surface area contributed by atoms with Crippen LogP contribution < -0.4 is 14.8 Å². The number of amides is 1. The Morgan fingerprint density at radius 2 is 1.85 bits per heavy atom. The lowest BCUT2D eigenvalue weighted by atomic mass is 10.1. The van der Waals surface area contributed by atoms with Gasteiger partial charge in [0, 0.05) is 24.1 Å². The van der Waals surface area contributed by atoms with E-state index < -0.39 is 0 Å². The SMILES string of the molecule is COc1cccc(OC)c1C(=O)Nc1ccccc1-c1cn2c(n1)SCC2. The number of para-hydroxylation sites is 1. The molecule has 1 aromatic heterocycles. The van der Waals surface area contributed by atoms with Crippen LogP contribution in [0.25, 0.3) is 11.3 Å². The summed E-state index contributed by atoms with van der Waals surface area (Å²) in [6, 6.07) is 12.9. The molecule has 4 rings (SSSR count). The summed E-state index contributed by atoms with van der Waals surface area (Å²) < 4.78 is 12.8. The molecule has 0 spiro atoms. The van der Waals surface area contributed by atoms with E-state index in [1.165, 1.54) is 14.2 Å². The van der Waals surface area contributed by atoms with Gasteiger partial charge in [-0.1, -0.05) is 36.0 Å². The van der Waals surface area contributed by atoms with Crippen LogP contribution in [0.5, 0.6) is 11.5 Å². The van der Waals surface area contributed by atoms with E-state index in [-0.39, 0.29) is 5.91 Å². The van der Waals surface area contributed by atoms with Gasteiger partial charge in [-0.25, -0.2) is 4.98 Å². The van der Waals surface area contributed by atoms with Gasteiger partial charge in [0.2, 0.25) is 0 Å². The van der Waals surface area contributed by atoms with Crippen molar-refractivity contribution >= 4 is 23.4 Å². The smallest absolute Gasteiger partial charge is 0.263 e. The van der Waals surface area contributed by atoms with E-state index in [9.17, 15) is 4.79 Å². The zero-order valence-electron chi connectivity index (χ0n) is 15.1. The molecule has 0 radical (unpaired) electrons. The second kappa shape index (κ2) is 7.36. The third-order valence-corrected chi connectivity index (χ3v) is 5.38. The predicted octanol–water partition coefficient (Wildman–Crippen LogP) is 3.93. The van der Waals surface area contributed by atoms with Crippen LogP contribution in [0.1, 0.15) is 10.4 Å². The number of aryl methyl sites for hydroxylation is 1. The standard InChI is InChI=1S/C20H19N3O3S/c1-25-16-8-5-9-17(26-2)18(16)19(24)21-14-7-4-3-6-13(14)15-12-23-10-11-27-20(23)22-15/h3-9,12H,10-11H2,1-2H3,(H,21,24). The maximum atomic E-state index is 13.0. The lowest BCUT2D eigenvalue weighted by Crippen LogP contribution is -2.15. The summed E-state index contributed by atoms with van der Waals surface area (Å²) in [4.78, 5) is 17.7. The molecule has 0 atom stereocenters. The molecule has 0 unspecified atom stereocenters. The highest BCUT2D eigenvalue weighted by Gasteiger charge is 2.21. The Morgan fingerprint density at radius 3 is 2.56 bits per heavy atom. The maximum absolute atomic E-state index is 13.0. The third kappa shape index (κ3) is 3.26. The van der Waals surface area contributed by atoms with Crippen LogP contribution in [0.4, 0.5) is 5.69 Å². The predicted molar refractivity (Wildman–Crippen MR) is 106 cm³/mol. The minimum Gasteiger partial charge on any atom is -0.496 e. The first-order valence-corrected chi connectivity index (χ1v) is 9.51. The van der Waals surface area contributed by atoms with Crippen LogP contribution in [0.2, 0.25) is 0 Å². The van der Waals surface area contributed by atoms with E-state index in [1.54, 1.807) is 30.0 Å². The monoisotopic (exact) mass is 381 g/mol. The second-order valence-corrected chi connectivity index (χ2v) is 7.05. The molecule has 0 fully saturated rings. The lowest BCUT2D eigenvalue weighted by Gasteiger charge is -2.14. The molecule has 3 aromatic rings. The second-order valence-electron chi connectivity index (χ2n) is 5.99. The third-order valence-electron chi connectivity index (χ3n) is 4.41. The molecule has 27 heavy (non-hydrogen) atoms. The number of hydrogen-bond donors (Lipinski definition) is 1. The molecule has 1 N–H and O–H groups in total. The average molecular weight is 381 g/mol. The quantitative estimate of drug-likeness (QED) is 0.726. The summed E-state index contributed by atoms with van der Waals surface area (Å²) in [5.41, 5.74) is 2.78. The van der Waals surface area contributed by atoms with Gasteiger partial charge in [0.05, 0.1) is 25.6 Å². The van der Waals surface area contributed by atoms with Crippen LogP contribution in [-0.2, 0) is 6.54 Å². The number of ether oxygens (including phenoxy) is 2. The number of carbonyl (C=O) groups is 1. The van der Waals surface area contributed by atoms with Crippen molar-refractivity contribution in [2.75, 3.05) is 25.3 Å². The van der Waals surface area contributed by atoms with Gasteiger partial charge in [0.15, 0.2) is 5.16 Å². The van der Waals surface area contributed by atoms with Crippen LogP contribution in [0, 0.1) is 0 Å². The number of aromatic nitrogens is 2. The highest BCUT2D eigenvalue weighted by molar-refractivity contribution is 7.99. The van der Waals surface area contributed by atoms with Crippen molar-refractivity contribution in [3.05, 3.63) is 54.2 Å². The summed E-state index contributed by atoms with van der Waals surface area (Å²) in [6.45, 7) is 0.958. The molecule has 0 bridgehead atoms. The zero-order valence-corrected chi connectivity index (χ0v) is 15.9. The number of hydrogen-bond acceptors (Lipinski definition) is 5. The number of imidazole rings is 1. The lowest BCUT2D eigenvalue weighted by molar-refractivity contribution is 0.102. The summed E-state index contributed by atoms with van der Waals surface area (Å²) >= 11 is 1.74. The van der Waals surface area contributed by atoms with E-state index >= 15 is 0 Å². The molecule has 2 aromatic carbocycles. The van der Waals surface area contributed by atoms with Crippen molar-refractivity contribution in [2.45, 2.75) is 11.7 Å². The normalized spacial score (nSPS) is 12.5. The Hall–Kier alpha value is -2.93. The van der Waals surface area contributed by atoms with E-state index in [4.69, 9.17) is 14.5 Å². The molecular weight excluding hydrogens is 362 g/mol.